The first-order valence-electron chi connectivity index (χ1n) is 14.6. The van der Waals surface area contributed by atoms with Crippen molar-refractivity contribution >= 4 is 33.3 Å². The summed E-state index contributed by atoms with van der Waals surface area (Å²) in [5.74, 6) is -0.325. The third-order valence-electron chi connectivity index (χ3n) is 7.76. The standard InChI is InChI=1S/C32H37F3N4O6S/c1-20-5-12-27(13-6-20)46(43,44)37-26-11-14-28-23(15-26)16-30(41)39(22(3)19-40)17-21(2)29(45-28)18-38(4)31(42)36-25-9-7-24(8-10-25)32(33,34)35/h5-15,21-22,29,37,40H,16-19H2,1-4H3,(H,36,42)/t21-,22+,29+/m0/s1. The molecule has 3 aromatic rings. The van der Waals surface area contributed by atoms with Crippen LogP contribution in [0.2, 0.25) is 0 Å². The molecule has 3 amide bonds. The molecule has 14 heteroatoms. The third kappa shape index (κ3) is 8.49. The normalized spacial score (nSPS) is 17.9. The van der Waals surface area contributed by atoms with Crippen molar-refractivity contribution in [3.63, 3.8) is 0 Å². The summed E-state index contributed by atoms with van der Waals surface area (Å²) in [7, 11) is -2.42. The van der Waals surface area contributed by atoms with Crippen molar-refractivity contribution in [3.05, 3.63) is 83.4 Å². The summed E-state index contributed by atoms with van der Waals surface area (Å²) in [6, 6.07) is 13.9. The fourth-order valence-corrected chi connectivity index (χ4v) is 6.01. The molecule has 0 unspecified atom stereocenters. The fourth-order valence-electron chi connectivity index (χ4n) is 4.96. The number of benzene rings is 3. The zero-order valence-corrected chi connectivity index (χ0v) is 26.7. The zero-order chi connectivity index (χ0) is 33.8. The SMILES string of the molecule is Cc1ccc(S(=O)(=O)Nc2ccc3c(c2)CC(=O)N([C@H](C)CO)C[C@H](C)[C@@H](CN(C)C(=O)Nc2ccc(C(F)(F)F)cc2)O3)cc1. The van der Waals surface area contributed by atoms with E-state index >= 15 is 0 Å². The van der Waals surface area contributed by atoms with Gasteiger partial charge in [0.05, 0.1) is 36.1 Å². The van der Waals surface area contributed by atoms with E-state index in [-0.39, 0.29) is 54.2 Å². The van der Waals surface area contributed by atoms with Crippen LogP contribution in [-0.2, 0) is 27.4 Å². The Morgan fingerprint density at radius 1 is 1.09 bits per heavy atom. The molecule has 3 atom stereocenters. The number of halogens is 3. The molecule has 0 bridgehead atoms. The number of carbonyl (C=O) groups excluding carboxylic acids is 2. The predicted molar refractivity (Wildman–Crippen MR) is 167 cm³/mol. The largest absolute Gasteiger partial charge is 0.488 e. The molecule has 1 aliphatic heterocycles. The van der Waals surface area contributed by atoms with Gasteiger partial charge in [-0.3, -0.25) is 9.52 Å². The van der Waals surface area contributed by atoms with Crippen LogP contribution in [0.15, 0.2) is 71.6 Å². The first-order chi connectivity index (χ1) is 21.6. The summed E-state index contributed by atoms with van der Waals surface area (Å²) in [6.07, 6.45) is -5.31. The number of anilines is 2. The maximum absolute atomic E-state index is 13.5. The minimum absolute atomic E-state index is 0.0322. The molecule has 0 spiro atoms. The number of fused-ring (bicyclic) bond motifs is 1. The number of carbonyl (C=O) groups is 2. The Bertz CT molecular complexity index is 1650. The number of aliphatic hydroxyl groups excluding tert-OH is 1. The van der Waals surface area contributed by atoms with E-state index < -0.39 is 39.9 Å². The monoisotopic (exact) mass is 662 g/mol. The van der Waals surface area contributed by atoms with E-state index in [1.807, 2.05) is 13.8 Å². The number of sulfonamides is 1. The number of alkyl halides is 3. The smallest absolute Gasteiger partial charge is 0.416 e. The third-order valence-corrected chi connectivity index (χ3v) is 9.16. The van der Waals surface area contributed by atoms with Gasteiger partial charge in [-0.25, -0.2) is 13.2 Å². The van der Waals surface area contributed by atoms with Gasteiger partial charge in [0.15, 0.2) is 0 Å². The van der Waals surface area contributed by atoms with Gasteiger partial charge in [0.2, 0.25) is 5.91 Å². The fraction of sp³-hybridized carbons (Fsp3) is 0.375. The molecule has 0 saturated heterocycles. The van der Waals surface area contributed by atoms with Gasteiger partial charge < -0.3 is 25.0 Å². The van der Waals surface area contributed by atoms with Gasteiger partial charge >= 0.3 is 12.2 Å². The summed E-state index contributed by atoms with van der Waals surface area (Å²) in [4.78, 5) is 29.4. The lowest BCUT2D eigenvalue weighted by Gasteiger charge is -2.34. The number of aryl methyl sites for hydroxylation is 1. The van der Waals surface area contributed by atoms with Crippen molar-refractivity contribution in [2.24, 2.45) is 5.92 Å². The lowest BCUT2D eigenvalue weighted by Crippen LogP contribution is -2.48. The molecule has 3 N–H and O–H groups in total. The lowest BCUT2D eigenvalue weighted by atomic mass is 10.0. The molecule has 0 fully saturated rings. The number of aliphatic hydroxyl groups is 1. The van der Waals surface area contributed by atoms with Crippen LogP contribution in [-0.4, -0.2) is 74.2 Å². The molecule has 3 aromatic carbocycles. The molecule has 10 nitrogen and oxygen atoms in total. The minimum atomic E-state index is -4.50. The van der Waals surface area contributed by atoms with Crippen molar-refractivity contribution < 1.29 is 41.0 Å². The number of rotatable bonds is 8. The molecular weight excluding hydrogens is 625 g/mol. The summed E-state index contributed by atoms with van der Waals surface area (Å²) in [5, 5.41) is 12.5. The Balaban J connectivity index is 1.58. The van der Waals surface area contributed by atoms with Crippen molar-refractivity contribution in [2.45, 2.75) is 50.4 Å². The highest BCUT2D eigenvalue weighted by molar-refractivity contribution is 7.92. The van der Waals surface area contributed by atoms with E-state index in [2.05, 4.69) is 10.0 Å². The number of amides is 3. The highest BCUT2D eigenvalue weighted by Gasteiger charge is 2.33. The number of urea groups is 1. The number of likely N-dealkylation sites (N-methyl/N-ethyl adjacent to an activating group) is 1. The first-order valence-corrected chi connectivity index (χ1v) is 16.0. The summed E-state index contributed by atoms with van der Waals surface area (Å²) >= 11 is 0. The van der Waals surface area contributed by atoms with Gasteiger partial charge in [-0.1, -0.05) is 24.6 Å². The summed E-state index contributed by atoms with van der Waals surface area (Å²) < 4.78 is 73.8. The number of hydrogen-bond donors (Lipinski definition) is 3. The van der Waals surface area contributed by atoms with Crippen molar-refractivity contribution in [1.29, 1.82) is 0 Å². The number of nitrogens with zero attached hydrogens (tertiary/aromatic N) is 2. The Morgan fingerprint density at radius 2 is 1.72 bits per heavy atom. The van der Waals surface area contributed by atoms with Gasteiger partial charge in [0, 0.05) is 36.4 Å². The number of hydrogen-bond acceptors (Lipinski definition) is 6. The van der Waals surface area contributed by atoms with Gasteiger partial charge in [0.1, 0.15) is 11.9 Å². The predicted octanol–water partition coefficient (Wildman–Crippen LogP) is 5.13. The van der Waals surface area contributed by atoms with Crippen LogP contribution < -0.4 is 14.8 Å². The summed E-state index contributed by atoms with van der Waals surface area (Å²) in [5.41, 5.74) is 0.856. The summed E-state index contributed by atoms with van der Waals surface area (Å²) in [6.45, 7) is 5.32. The quantitative estimate of drug-likeness (QED) is 0.307. The Labute approximate surface area is 266 Å². The van der Waals surface area contributed by atoms with Crippen molar-refractivity contribution in [2.75, 3.05) is 36.8 Å². The van der Waals surface area contributed by atoms with Gasteiger partial charge in [-0.15, -0.1) is 0 Å². The molecule has 0 aromatic heterocycles. The molecule has 46 heavy (non-hydrogen) atoms. The topological polar surface area (TPSA) is 128 Å². The van der Waals surface area contributed by atoms with E-state index in [4.69, 9.17) is 4.74 Å². The molecule has 0 aliphatic carbocycles. The van der Waals surface area contributed by atoms with Gasteiger partial charge in [-0.05, 0) is 68.4 Å². The Hall–Kier alpha value is -4.30. The second-order valence-electron chi connectivity index (χ2n) is 11.5. The maximum Gasteiger partial charge on any atom is 0.416 e. The molecule has 0 radical (unpaired) electrons. The van der Waals surface area contributed by atoms with Crippen LogP contribution in [0.25, 0.3) is 0 Å². The zero-order valence-electron chi connectivity index (χ0n) is 25.8. The second kappa shape index (κ2) is 14.0. The molecule has 248 valence electrons. The van der Waals surface area contributed by atoms with E-state index in [1.54, 1.807) is 25.1 Å². The molecule has 1 heterocycles. The van der Waals surface area contributed by atoms with Crippen LogP contribution in [0, 0.1) is 12.8 Å². The average molecular weight is 663 g/mol. The van der Waals surface area contributed by atoms with E-state index in [0.717, 1.165) is 29.8 Å². The first kappa shape index (κ1) is 34.6. The van der Waals surface area contributed by atoms with Crippen LogP contribution in [0.1, 0.15) is 30.5 Å². The van der Waals surface area contributed by atoms with Crippen molar-refractivity contribution in [3.8, 4) is 5.75 Å². The van der Waals surface area contributed by atoms with E-state index in [9.17, 15) is 36.3 Å². The molecular formula is C32H37F3N4O6S. The molecule has 0 saturated carbocycles. The lowest BCUT2D eigenvalue weighted by molar-refractivity contribution is -0.137. The van der Waals surface area contributed by atoms with Gasteiger partial charge in [-0.2, -0.15) is 13.2 Å². The van der Waals surface area contributed by atoms with Gasteiger partial charge in [0.25, 0.3) is 10.0 Å². The number of nitrogens with one attached hydrogen (secondary N) is 2. The van der Waals surface area contributed by atoms with Crippen LogP contribution in [0.3, 0.4) is 0 Å². The van der Waals surface area contributed by atoms with Crippen molar-refractivity contribution in [1.82, 2.24) is 9.80 Å². The molecule has 4 rings (SSSR count). The highest BCUT2D eigenvalue weighted by Crippen LogP contribution is 2.31. The highest BCUT2D eigenvalue weighted by atomic mass is 32.2. The maximum atomic E-state index is 13.5. The minimum Gasteiger partial charge on any atom is -0.488 e. The Morgan fingerprint density at radius 3 is 2.33 bits per heavy atom. The van der Waals surface area contributed by atoms with E-state index in [0.29, 0.717) is 11.3 Å². The van der Waals surface area contributed by atoms with Crippen LogP contribution in [0.4, 0.5) is 29.3 Å². The van der Waals surface area contributed by atoms with Crippen LogP contribution in [0.5, 0.6) is 5.75 Å². The second-order valence-corrected chi connectivity index (χ2v) is 13.2. The van der Waals surface area contributed by atoms with E-state index in [1.165, 1.54) is 41.1 Å². The number of ether oxygens (including phenoxy) is 1. The molecule has 1 aliphatic rings. The van der Waals surface area contributed by atoms with Crippen LogP contribution >= 0.6 is 0 Å². The average Bonchev–Trinajstić information content (AvgIpc) is 3.04. The Kier molecular flexibility index (Phi) is 10.5.